The quantitative estimate of drug-likeness (QED) is 0.627. The maximum absolute atomic E-state index is 12.5. The van der Waals surface area contributed by atoms with E-state index in [0.717, 1.165) is 36.8 Å². The lowest BCUT2D eigenvalue weighted by Gasteiger charge is -2.35. The topological polar surface area (TPSA) is 55.8 Å². The number of esters is 1. The van der Waals surface area contributed by atoms with E-state index in [2.05, 4.69) is 0 Å². The predicted molar refractivity (Wildman–Crippen MR) is 89.2 cm³/mol. The fraction of sp³-hybridized carbons (Fsp3) is 0.474. The molecule has 0 radical (unpaired) electrons. The monoisotopic (exact) mass is 329 g/mol. The minimum absolute atomic E-state index is 0.132. The van der Waals surface area contributed by atoms with Crippen molar-refractivity contribution in [3.05, 3.63) is 47.5 Å². The number of hydrogen-bond donors (Lipinski definition) is 0. The molecule has 0 aliphatic carbocycles. The van der Waals surface area contributed by atoms with E-state index < -0.39 is 0 Å². The van der Waals surface area contributed by atoms with Crippen LogP contribution in [-0.4, -0.2) is 35.7 Å². The van der Waals surface area contributed by atoms with Gasteiger partial charge >= 0.3 is 12.1 Å². The number of carbonyl (C=O) groups excluding carboxylic acids is 2. The second-order valence-electron chi connectivity index (χ2n) is 6.30. The molecule has 0 N–H and O–H groups in total. The lowest BCUT2D eigenvalue weighted by molar-refractivity contribution is -0.137. The van der Waals surface area contributed by atoms with E-state index in [9.17, 15) is 9.59 Å². The van der Waals surface area contributed by atoms with E-state index in [1.54, 1.807) is 13.0 Å². The summed E-state index contributed by atoms with van der Waals surface area (Å²) in [4.78, 5) is 25.9. The van der Waals surface area contributed by atoms with Crippen LogP contribution in [0.15, 0.2) is 42.0 Å². The third-order valence-electron chi connectivity index (χ3n) is 4.64. The lowest BCUT2D eigenvalue weighted by atomic mass is 9.97. The van der Waals surface area contributed by atoms with Crippen LogP contribution in [0.5, 0.6) is 0 Å². The summed E-state index contributed by atoms with van der Waals surface area (Å²) in [7, 11) is 0. The van der Waals surface area contributed by atoms with E-state index in [1.807, 2.05) is 35.2 Å². The molecule has 2 fully saturated rings. The van der Waals surface area contributed by atoms with Crippen LogP contribution in [0.1, 0.15) is 38.2 Å². The average molecular weight is 329 g/mol. The largest absolute Gasteiger partial charge is 0.463 e. The van der Waals surface area contributed by atoms with Crippen LogP contribution < -0.4 is 0 Å². The third-order valence-corrected chi connectivity index (χ3v) is 4.64. The molecule has 0 unspecified atom stereocenters. The Kier molecular flexibility index (Phi) is 5.18. The Hall–Kier alpha value is -2.30. The minimum Gasteiger partial charge on any atom is -0.463 e. The zero-order valence-electron chi connectivity index (χ0n) is 13.9. The number of carbonyl (C=O) groups is 2. The van der Waals surface area contributed by atoms with Gasteiger partial charge in [0.25, 0.3) is 0 Å². The van der Waals surface area contributed by atoms with Crippen molar-refractivity contribution in [2.45, 2.75) is 51.3 Å². The standard InChI is InChI=1S/C19H23NO4/c1-2-23-18(21)12-15-10-16-8-9-17(11-15)20(16)19(22)24-13-14-6-4-3-5-7-14/h3-7,12,16-17H,2,8-11,13H2,1H3/b15-12-/t16-,17+/m0/s1. The Morgan fingerprint density at radius 1 is 1.12 bits per heavy atom. The van der Waals surface area contributed by atoms with Gasteiger partial charge in [0.2, 0.25) is 0 Å². The minimum atomic E-state index is -0.285. The first-order chi connectivity index (χ1) is 11.7. The molecule has 2 heterocycles. The fourth-order valence-corrected chi connectivity index (χ4v) is 3.61. The van der Waals surface area contributed by atoms with Gasteiger partial charge in [-0.05, 0) is 38.2 Å². The van der Waals surface area contributed by atoms with Crippen molar-refractivity contribution in [1.82, 2.24) is 4.90 Å². The SMILES string of the molecule is CCOC(=O)/C=C1\C[C@H]2CC[C@@H](C1)N2C(=O)OCc1ccccc1. The first-order valence-corrected chi connectivity index (χ1v) is 8.52. The zero-order chi connectivity index (χ0) is 16.9. The van der Waals surface area contributed by atoms with Crippen LogP contribution >= 0.6 is 0 Å². The number of hydrogen-bond acceptors (Lipinski definition) is 4. The molecule has 2 bridgehead atoms. The zero-order valence-corrected chi connectivity index (χ0v) is 13.9. The van der Waals surface area contributed by atoms with Crippen molar-refractivity contribution in [3.8, 4) is 0 Å². The van der Waals surface area contributed by atoms with Crippen LogP contribution in [0.2, 0.25) is 0 Å². The molecule has 2 aliphatic heterocycles. The van der Waals surface area contributed by atoms with Crippen molar-refractivity contribution in [2.24, 2.45) is 0 Å². The van der Waals surface area contributed by atoms with Crippen LogP contribution in [0, 0.1) is 0 Å². The molecule has 2 aliphatic rings. The Labute approximate surface area is 142 Å². The number of nitrogens with zero attached hydrogens (tertiary/aromatic N) is 1. The van der Waals surface area contributed by atoms with Crippen molar-refractivity contribution in [2.75, 3.05) is 6.61 Å². The molecular formula is C19H23NO4. The van der Waals surface area contributed by atoms with E-state index in [0.29, 0.717) is 13.2 Å². The maximum atomic E-state index is 12.5. The number of rotatable bonds is 4. The molecule has 24 heavy (non-hydrogen) atoms. The van der Waals surface area contributed by atoms with E-state index >= 15 is 0 Å². The maximum Gasteiger partial charge on any atom is 0.410 e. The molecule has 5 nitrogen and oxygen atoms in total. The highest BCUT2D eigenvalue weighted by Crippen LogP contribution is 2.38. The molecule has 1 aromatic carbocycles. The van der Waals surface area contributed by atoms with Gasteiger partial charge in [-0.2, -0.15) is 0 Å². The van der Waals surface area contributed by atoms with Crippen molar-refractivity contribution in [3.63, 3.8) is 0 Å². The summed E-state index contributed by atoms with van der Waals surface area (Å²) in [6.07, 6.45) is 4.74. The summed E-state index contributed by atoms with van der Waals surface area (Å²) in [5, 5.41) is 0. The fourth-order valence-electron chi connectivity index (χ4n) is 3.61. The Balaban J connectivity index is 1.58. The van der Waals surface area contributed by atoms with Gasteiger partial charge in [0.1, 0.15) is 6.61 Å². The average Bonchev–Trinajstić information content (AvgIpc) is 2.85. The highest BCUT2D eigenvalue weighted by Gasteiger charge is 2.42. The first-order valence-electron chi connectivity index (χ1n) is 8.52. The van der Waals surface area contributed by atoms with Gasteiger partial charge in [0, 0.05) is 18.2 Å². The Bertz CT molecular complexity index is 610. The van der Waals surface area contributed by atoms with E-state index in [4.69, 9.17) is 9.47 Å². The Morgan fingerprint density at radius 2 is 1.79 bits per heavy atom. The van der Waals surface area contributed by atoms with Crippen LogP contribution in [-0.2, 0) is 20.9 Å². The van der Waals surface area contributed by atoms with Crippen molar-refractivity contribution in [1.29, 1.82) is 0 Å². The predicted octanol–water partition coefficient (Wildman–Crippen LogP) is 3.44. The van der Waals surface area contributed by atoms with Crippen LogP contribution in [0.25, 0.3) is 0 Å². The van der Waals surface area contributed by atoms with Crippen molar-refractivity contribution >= 4 is 12.1 Å². The number of amides is 1. The second-order valence-corrected chi connectivity index (χ2v) is 6.30. The highest BCUT2D eigenvalue weighted by atomic mass is 16.6. The summed E-state index contributed by atoms with van der Waals surface area (Å²) in [6.45, 7) is 2.47. The Morgan fingerprint density at radius 3 is 2.42 bits per heavy atom. The molecule has 128 valence electrons. The number of ether oxygens (including phenoxy) is 2. The molecular weight excluding hydrogens is 306 g/mol. The third kappa shape index (κ3) is 3.78. The van der Waals surface area contributed by atoms with Crippen molar-refractivity contribution < 1.29 is 19.1 Å². The summed E-state index contributed by atoms with van der Waals surface area (Å²) >= 11 is 0. The van der Waals surface area contributed by atoms with Crippen LogP contribution in [0.3, 0.4) is 0 Å². The highest BCUT2D eigenvalue weighted by molar-refractivity contribution is 5.83. The van der Waals surface area contributed by atoms with Gasteiger partial charge < -0.3 is 14.4 Å². The van der Waals surface area contributed by atoms with Gasteiger partial charge in [0.15, 0.2) is 0 Å². The molecule has 2 atom stereocenters. The molecule has 1 aromatic rings. The van der Waals surface area contributed by atoms with E-state index in [-0.39, 0.29) is 24.1 Å². The van der Waals surface area contributed by atoms with Crippen LogP contribution in [0.4, 0.5) is 4.79 Å². The van der Waals surface area contributed by atoms with Gasteiger partial charge in [0.05, 0.1) is 6.61 Å². The molecule has 3 rings (SSSR count). The summed E-state index contributed by atoms with van der Waals surface area (Å²) in [5.41, 5.74) is 2.06. The molecule has 0 saturated carbocycles. The lowest BCUT2D eigenvalue weighted by Crippen LogP contribution is -2.45. The van der Waals surface area contributed by atoms with Gasteiger partial charge in [-0.25, -0.2) is 9.59 Å². The smallest absolute Gasteiger partial charge is 0.410 e. The summed E-state index contributed by atoms with van der Waals surface area (Å²) < 4.78 is 10.5. The molecule has 0 aromatic heterocycles. The summed E-state index contributed by atoms with van der Waals surface area (Å²) in [5.74, 6) is -0.285. The normalized spacial score (nSPS) is 24.0. The molecule has 1 amide bonds. The molecule has 2 saturated heterocycles. The first kappa shape index (κ1) is 16.6. The van der Waals surface area contributed by atoms with Gasteiger partial charge in [-0.15, -0.1) is 0 Å². The van der Waals surface area contributed by atoms with E-state index in [1.165, 1.54) is 0 Å². The van der Waals surface area contributed by atoms with Gasteiger partial charge in [-0.1, -0.05) is 35.9 Å². The number of benzene rings is 1. The number of piperidine rings is 1. The molecule has 0 spiro atoms. The second kappa shape index (κ2) is 7.51. The molecule has 5 heteroatoms. The summed E-state index contributed by atoms with van der Waals surface area (Å²) in [6, 6.07) is 9.95. The number of fused-ring (bicyclic) bond motifs is 2. The van der Waals surface area contributed by atoms with Gasteiger partial charge in [-0.3, -0.25) is 0 Å².